The van der Waals surface area contributed by atoms with Crippen molar-refractivity contribution in [2.75, 3.05) is 6.61 Å². The number of phenolic OH excluding ortho intramolecular Hbond substituents is 1. The van der Waals surface area contributed by atoms with Gasteiger partial charge in [0.05, 0.1) is 6.61 Å². The van der Waals surface area contributed by atoms with E-state index in [1.807, 2.05) is 13.0 Å². The topological polar surface area (TPSA) is 58.6 Å². The Labute approximate surface area is 120 Å². The highest BCUT2D eigenvalue weighted by Gasteiger charge is 2.39. The van der Waals surface area contributed by atoms with Crippen molar-refractivity contribution in [3.8, 4) is 5.75 Å². The van der Waals surface area contributed by atoms with Gasteiger partial charge in [0.1, 0.15) is 11.3 Å². The van der Waals surface area contributed by atoms with E-state index in [4.69, 9.17) is 4.74 Å². The number of carbonyl (C=O) groups is 1. The predicted molar refractivity (Wildman–Crippen MR) is 77.5 cm³/mol. The van der Waals surface area contributed by atoms with Gasteiger partial charge in [-0.15, -0.1) is 0 Å². The summed E-state index contributed by atoms with van der Waals surface area (Å²) in [4.78, 5) is 12.4. The molecule has 0 heterocycles. The number of nitrogens with one attached hydrogen (secondary N) is 1. The van der Waals surface area contributed by atoms with Gasteiger partial charge in [-0.3, -0.25) is 5.32 Å². The average molecular weight is 277 g/mol. The zero-order valence-electron chi connectivity index (χ0n) is 12.2. The van der Waals surface area contributed by atoms with E-state index < -0.39 is 5.54 Å². The van der Waals surface area contributed by atoms with E-state index in [0.717, 1.165) is 18.4 Å². The number of aromatic hydroxyl groups is 1. The van der Waals surface area contributed by atoms with E-state index in [0.29, 0.717) is 12.6 Å². The molecule has 2 rings (SSSR count). The highest BCUT2D eigenvalue weighted by molar-refractivity contribution is 5.82. The average Bonchev–Trinajstić information content (AvgIpc) is 2.91. The number of carbonyl (C=O) groups excluding carboxylic acids is 1. The normalized spacial score (nSPS) is 18.7. The van der Waals surface area contributed by atoms with Crippen LogP contribution in [0.5, 0.6) is 5.75 Å². The molecular formula is C16H23NO3. The third kappa shape index (κ3) is 3.12. The summed E-state index contributed by atoms with van der Waals surface area (Å²) in [6, 6.07) is 7.15. The van der Waals surface area contributed by atoms with Crippen LogP contribution in [-0.2, 0) is 15.1 Å². The molecule has 1 saturated carbocycles. The van der Waals surface area contributed by atoms with Crippen molar-refractivity contribution >= 4 is 5.97 Å². The highest BCUT2D eigenvalue weighted by Crippen LogP contribution is 2.29. The van der Waals surface area contributed by atoms with Crippen molar-refractivity contribution < 1.29 is 14.6 Å². The van der Waals surface area contributed by atoms with Gasteiger partial charge in [0, 0.05) is 6.04 Å². The lowest BCUT2D eigenvalue weighted by Gasteiger charge is -2.32. The van der Waals surface area contributed by atoms with Crippen LogP contribution in [0.2, 0.25) is 0 Å². The number of rotatable bonds is 5. The molecule has 0 aromatic heterocycles. The van der Waals surface area contributed by atoms with Crippen LogP contribution in [0.25, 0.3) is 0 Å². The Morgan fingerprint density at radius 2 is 2.15 bits per heavy atom. The summed E-state index contributed by atoms with van der Waals surface area (Å²) < 4.78 is 5.23. The molecule has 1 unspecified atom stereocenters. The van der Waals surface area contributed by atoms with E-state index in [1.165, 1.54) is 12.8 Å². The summed E-state index contributed by atoms with van der Waals surface area (Å²) in [6.07, 6.45) is 4.54. The van der Waals surface area contributed by atoms with Gasteiger partial charge in [-0.1, -0.05) is 25.0 Å². The van der Waals surface area contributed by atoms with Crippen molar-refractivity contribution in [3.63, 3.8) is 0 Å². The first-order chi connectivity index (χ1) is 9.56. The molecule has 0 saturated heterocycles. The number of benzene rings is 1. The molecule has 0 bridgehead atoms. The largest absolute Gasteiger partial charge is 0.508 e. The van der Waals surface area contributed by atoms with Gasteiger partial charge >= 0.3 is 5.97 Å². The first kappa shape index (κ1) is 14.9. The first-order valence-electron chi connectivity index (χ1n) is 7.30. The lowest BCUT2D eigenvalue weighted by molar-refractivity contribution is -0.151. The molecule has 110 valence electrons. The van der Waals surface area contributed by atoms with Crippen LogP contribution in [0, 0.1) is 0 Å². The Morgan fingerprint density at radius 3 is 2.75 bits per heavy atom. The third-order valence-corrected chi connectivity index (χ3v) is 3.96. The lowest BCUT2D eigenvalue weighted by atomic mass is 9.90. The molecule has 1 fully saturated rings. The summed E-state index contributed by atoms with van der Waals surface area (Å²) in [5.74, 6) is -0.135. The van der Waals surface area contributed by atoms with Crippen LogP contribution >= 0.6 is 0 Å². The van der Waals surface area contributed by atoms with Crippen molar-refractivity contribution in [1.29, 1.82) is 0 Å². The molecule has 1 aromatic carbocycles. The Hall–Kier alpha value is -1.55. The van der Waals surface area contributed by atoms with E-state index in [2.05, 4.69) is 5.32 Å². The highest BCUT2D eigenvalue weighted by atomic mass is 16.5. The molecule has 1 atom stereocenters. The van der Waals surface area contributed by atoms with Gasteiger partial charge in [-0.25, -0.2) is 4.79 Å². The molecule has 4 heteroatoms. The minimum atomic E-state index is -0.913. The lowest BCUT2D eigenvalue weighted by Crippen LogP contribution is -2.51. The smallest absolute Gasteiger partial charge is 0.330 e. The van der Waals surface area contributed by atoms with E-state index in [1.54, 1.807) is 25.1 Å². The first-order valence-corrected chi connectivity index (χ1v) is 7.30. The maximum Gasteiger partial charge on any atom is 0.330 e. The van der Waals surface area contributed by atoms with Gasteiger partial charge in [0.25, 0.3) is 0 Å². The minimum Gasteiger partial charge on any atom is -0.508 e. The standard InChI is InChI=1S/C16H23NO3/c1-3-20-15(19)16(2,17-13-8-4-5-9-13)12-7-6-10-14(18)11-12/h6-7,10-11,13,17-18H,3-5,8-9H2,1-2H3. The van der Waals surface area contributed by atoms with Crippen LogP contribution in [-0.4, -0.2) is 23.7 Å². The van der Waals surface area contributed by atoms with E-state index >= 15 is 0 Å². The molecule has 1 aliphatic carbocycles. The quantitative estimate of drug-likeness (QED) is 0.812. The minimum absolute atomic E-state index is 0.159. The second-order valence-corrected chi connectivity index (χ2v) is 5.52. The van der Waals surface area contributed by atoms with Crippen LogP contribution < -0.4 is 5.32 Å². The van der Waals surface area contributed by atoms with Crippen LogP contribution in [0.4, 0.5) is 0 Å². The van der Waals surface area contributed by atoms with Gasteiger partial charge < -0.3 is 9.84 Å². The fraction of sp³-hybridized carbons (Fsp3) is 0.562. The molecule has 0 aliphatic heterocycles. The van der Waals surface area contributed by atoms with Gasteiger partial charge in [0.2, 0.25) is 0 Å². The summed E-state index contributed by atoms with van der Waals surface area (Å²) in [7, 11) is 0. The Morgan fingerprint density at radius 1 is 1.45 bits per heavy atom. The number of ether oxygens (including phenoxy) is 1. The molecule has 0 amide bonds. The molecule has 0 spiro atoms. The fourth-order valence-electron chi connectivity index (χ4n) is 2.83. The molecule has 1 aromatic rings. The van der Waals surface area contributed by atoms with Gasteiger partial charge in [-0.2, -0.15) is 0 Å². The molecule has 1 aliphatic rings. The van der Waals surface area contributed by atoms with Crippen molar-refractivity contribution in [2.24, 2.45) is 0 Å². The number of phenols is 1. The second-order valence-electron chi connectivity index (χ2n) is 5.52. The predicted octanol–water partition coefficient (Wildman–Crippen LogP) is 2.70. The maximum absolute atomic E-state index is 12.4. The second kappa shape index (κ2) is 6.27. The Kier molecular flexibility index (Phi) is 4.65. The van der Waals surface area contributed by atoms with Crippen molar-refractivity contribution in [3.05, 3.63) is 29.8 Å². The summed E-state index contributed by atoms with van der Waals surface area (Å²) >= 11 is 0. The van der Waals surface area contributed by atoms with Crippen LogP contribution in [0.1, 0.15) is 45.1 Å². The van der Waals surface area contributed by atoms with Crippen LogP contribution in [0.15, 0.2) is 24.3 Å². The zero-order valence-corrected chi connectivity index (χ0v) is 12.2. The summed E-state index contributed by atoms with van der Waals surface area (Å²) in [5.41, 5.74) is -0.174. The van der Waals surface area contributed by atoms with Crippen LogP contribution in [0.3, 0.4) is 0 Å². The number of esters is 1. The molecular weight excluding hydrogens is 254 g/mol. The monoisotopic (exact) mass is 277 g/mol. The summed E-state index contributed by atoms with van der Waals surface area (Å²) in [5, 5.41) is 13.1. The Balaban J connectivity index is 2.29. The molecule has 4 nitrogen and oxygen atoms in total. The third-order valence-electron chi connectivity index (χ3n) is 3.96. The SMILES string of the molecule is CCOC(=O)C(C)(NC1CCCC1)c1cccc(O)c1. The van der Waals surface area contributed by atoms with Crippen molar-refractivity contribution in [1.82, 2.24) is 5.32 Å². The Bertz CT molecular complexity index is 469. The van der Waals surface area contributed by atoms with E-state index in [-0.39, 0.29) is 11.7 Å². The van der Waals surface area contributed by atoms with E-state index in [9.17, 15) is 9.90 Å². The fourth-order valence-corrected chi connectivity index (χ4v) is 2.83. The number of hydrogen-bond donors (Lipinski definition) is 2. The zero-order chi connectivity index (χ0) is 14.6. The molecule has 2 N–H and O–H groups in total. The van der Waals surface area contributed by atoms with Gasteiger partial charge in [-0.05, 0) is 44.4 Å². The molecule has 20 heavy (non-hydrogen) atoms. The van der Waals surface area contributed by atoms with Gasteiger partial charge in [0.15, 0.2) is 0 Å². The number of hydrogen-bond acceptors (Lipinski definition) is 4. The molecule has 0 radical (unpaired) electrons. The maximum atomic E-state index is 12.4. The van der Waals surface area contributed by atoms with Crippen molar-refractivity contribution in [2.45, 2.75) is 51.1 Å². The summed E-state index contributed by atoms with van der Waals surface area (Å²) in [6.45, 7) is 3.98.